The topological polar surface area (TPSA) is 98.1 Å². The molecule has 0 amide bonds. The molecule has 0 unspecified atom stereocenters. The third-order valence-corrected chi connectivity index (χ3v) is 2.53. The molecule has 0 bridgehead atoms. The van der Waals surface area contributed by atoms with Crippen LogP contribution in [0.25, 0.3) is 0 Å². The number of phenolic OH excluding ortho intramolecular Hbond substituents is 1. The number of benzene rings is 1. The van der Waals surface area contributed by atoms with Gasteiger partial charge in [0.05, 0.1) is 11.4 Å². The summed E-state index contributed by atoms with van der Waals surface area (Å²) in [6.45, 7) is 0. The summed E-state index contributed by atoms with van der Waals surface area (Å²) in [5.41, 5.74) is 3.72. The molecule has 1 heterocycles. The van der Waals surface area contributed by atoms with Gasteiger partial charge in [0.25, 0.3) is 0 Å². The van der Waals surface area contributed by atoms with E-state index < -0.39 is 23.4 Å². The summed E-state index contributed by atoms with van der Waals surface area (Å²) in [6.07, 6.45) is -4.72. The smallest absolute Gasteiger partial charge is 0.437 e. The maximum atomic E-state index is 12.8. The number of hydrazone groups is 1. The van der Waals surface area contributed by atoms with Crippen molar-refractivity contribution >= 4 is 28.6 Å². The van der Waals surface area contributed by atoms with E-state index in [1.165, 1.54) is 19.2 Å². The van der Waals surface area contributed by atoms with Crippen LogP contribution in [0.3, 0.4) is 0 Å². The van der Waals surface area contributed by atoms with Crippen LogP contribution in [-0.2, 0) is 0 Å². The molecular formula is C11H10F3N5O. The Labute approximate surface area is 111 Å². The SMILES string of the molecule is CN1N=C(C(F)(F)F)C(=Nc2ccc(O)cc2N)C1=N. The summed E-state index contributed by atoms with van der Waals surface area (Å²) in [4.78, 5) is 3.74. The molecule has 0 spiro atoms. The molecule has 2 rings (SSSR count). The van der Waals surface area contributed by atoms with Gasteiger partial charge in [-0.05, 0) is 12.1 Å². The van der Waals surface area contributed by atoms with Crippen LogP contribution in [0.5, 0.6) is 5.75 Å². The molecule has 20 heavy (non-hydrogen) atoms. The molecule has 1 aromatic carbocycles. The van der Waals surface area contributed by atoms with Gasteiger partial charge < -0.3 is 10.8 Å². The lowest BCUT2D eigenvalue weighted by Gasteiger charge is -2.07. The number of nitrogen functional groups attached to an aromatic ring is 1. The summed E-state index contributed by atoms with van der Waals surface area (Å²) < 4.78 is 38.5. The molecule has 0 aromatic heterocycles. The number of phenols is 1. The highest BCUT2D eigenvalue weighted by molar-refractivity contribution is 6.70. The molecule has 1 aliphatic rings. The molecule has 1 aromatic rings. The van der Waals surface area contributed by atoms with E-state index in [4.69, 9.17) is 11.1 Å². The summed E-state index contributed by atoms with van der Waals surface area (Å²) in [5, 5.41) is 20.8. The molecule has 106 valence electrons. The predicted octanol–water partition coefficient (Wildman–Crippen LogP) is 1.89. The molecule has 0 saturated carbocycles. The van der Waals surface area contributed by atoms with E-state index in [1.54, 1.807) is 0 Å². The van der Waals surface area contributed by atoms with E-state index >= 15 is 0 Å². The monoisotopic (exact) mass is 285 g/mol. The Bertz CT molecular complexity index is 635. The van der Waals surface area contributed by atoms with Gasteiger partial charge in [-0.2, -0.15) is 18.3 Å². The summed E-state index contributed by atoms with van der Waals surface area (Å²) >= 11 is 0. The third-order valence-electron chi connectivity index (χ3n) is 2.53. The number of aromatic hydroxyl groups is 1. The molecule has 0 radical (unpaired) electrons. The zero-order valence-corrected chi connectivity index (χ0v) is 10.2. The molecule has 0 fully saturated rings. The van der Waals surface area contributed by atoms with Gasteiger partial charge in [0, 0.05) is 13.1 Å². The number of hydrogen-bond donors (Lipinski definition) is 3. The van der Waals surface area contributed by atoms with Gasteiger partial charge in [-0.25, -0.2) is 10.0 Å². The summed E-state index contributed by atoms with van der Waals surface area (Å²) in [5.74, 6) is -0.612. The number of anilines is 1. The van der Waals surface area contributed by atoms with E-state index in [1.807, 2.05) is 0 Å². The van der Waals surface area contributed by atoms with Crippen LogP contribution < -0.4 is 5.73 Å². The number of nitrogens with two attached hydrogens (primary N) is 1. The number of amidine groups is 1. The number of nitrogens with one attached hydrogen (secondary N) is 1. The molecule has 0 saturated heterocycles. The van der Waals surface area contributed by atoms with E-state index in [-0.39, 0.29) is 17.1 Å². The molecule has 4 N–H and O–H groups in total. The molecule has 6 nitrogen and oxygen atoms in total. The van der Waals surface area contributed by atoms with Crippen molar-refractivity contribution in [2.45, 2.75) is 6.18 Å². The highest BCUT2D eigenvalue weighted by Crippen LogP contribution is 2.29. The van der Waals surface area contributed by atoms with Crippen LogP contribution in [0.4, 0.5) is 24.5 Å². The average molecular weight is 285 g/mol. The highest BCUT2D eigenvalue weighted by atomic mass is 19.4. The summed E-state index contributed by atoms with van der Waals surface area (Å²) in [6, 6.07) is 3.66. The predicted molar refractivity (Wildman–Crippen MR) is 68.6 cm³/mol. The largest absolute Gasteiger partial charge is 0.508 e. The first-order valence-electron chi connectivity index (χ1n) is 5.36. The highest BCUT2D eigenvalue weighted by Gasteiger charge is 2.45. The Kier molecular flexibility index (Phi) is 3.12. The second kappa shape index (κ2) is 4.51. The Morgan fingerprint density at radius 1 is 1.40 bits per heavy atom. The molecule has 0 atom stereocenters. The van der Waals surface area contributed by atoms with Gasteiger partial charge in [-0.3, -0.25) is 5.41 Å². The minimum absolute atomic E-state index is 0.00128. The number of aliphatic imine (C=N–C) groups is 1. The minimum Gasteiger partial charge on any atom is -0.508 e. The zero-order chi connectivity index (χ0) is 15.1. The van der Waals surface area contributed by atoms with E-state index in [9.17, 15) is 18.3 Å². The lowest BCUT2D eigenvalue weighted by molar-refractivity contribution is -0.0570. The Hall–Kier alpha value is -2.58. The first-order chi connectivity index (χ1) is 9.20. The number of hydrogen-bond acceptors (Lipinski definition) is 5. The van der Waals surface area contributed by atoms with E-state index in [2.05, 4.69) is 10.1 Å². The second-order valence-electron chi connectivity index (χ2n) is 4.02. The number of halogens is 3. The van der Waals surface area contributed by atoms with Crippen molar-refractivity contribution in [1.82, 2.24) is 5.01 Å². The number of nitrogens with zero attached hydrogens (tertiary/aromatic N) is 3. The maximum Gasteiger partial charge on any atom is 0.437 e. The molecule has 1 aliphatic heterocycles. The van der Waals surface area contributed by atoms with E-state index in [0.717, 1.165) is 11.1 Å². The number of rotatable bonds is 1. The maximum absolute atomic E-state index is 12.8. The fourth-order valence-electron chi connectivity index (χ4n) is 1.57. The van der Waals surface area contributed by atoms with Crippen LogP contribution in [0.15, 0.2) is 28.3 Å². The van der Waals surface area contributed by atoms with Crippen molar-refractivity contribution in [1.29, 1.82) is 5.41 Å². The quantitative estimate of drug-likeness (QED) is 0.687. The van der Waals surface area contributed by atoms with Gasteiger partial charge in [-0.1, -0.05) is 0 Å². The number of alkyl halides is 3. The summed E-state index contributed by atoms with van der Waals surface area (Å²) in [7, 11) is 1.22. The van der Waals surface area contributed by atoms with Crippen molar-refractivity contribution in [3.8, 4) is 5.75 Å². The standard InChI is InChI=1S/C11H10F3N5O/c1-19-10(16)8(9(18-19)11(12,13)14)17-7-3-2-5(20)4-6(7)15/h2-4,16,20H,15H2,1H3. The fraction of sp³-hybridized carbons (Fsp3) is 0.182. The van der Waals surface area contributed by atoms with Gasteiger partial charge in [0.15, 0.2) is 11.5 Å². The lowest BCUT2D eigenvalue weighted by Crippen LogP contribution is -2.32. The Morgan fingerprint density at radius 2 is 2.05 bits per heavy atom. The van der Waals surface area contributed by atoms with Gasteiger partial charge in [0.2, 0.25) is 0 Å². The normalized spacial score (nSPS) is 17.8. The lowest BCUT2D eigenvalue weighted by atomic mass is 10.2. The second-order valence-corrected chi connectivity index (χ2v) is 4.02. The van der Waals surface area contributed by atoms with Gasteiger partial charge in [0.1, 0.15) is 11.5 Å². The first kappa shape index (κ1) is 13.8. The van der Waals surface area contributed by atoms with Crippen LogP contribution in [0.1, 0.15) is 0 Å². The third kappa shape index (κ3) is 2.42. The van der Waals surface area contributed by atoms with Crippen molar-refractivity contribution in [2.24, 2.45) is 10.1 Å². The Balaban J connectivity index is 2.51. The molecule has 0 aliphatic carbocycles. The van der Waals surface area contributed by atoms with Crippen molar-refractivity contribution in [3.63, 3.8) is 0 Å². The average Bonchev–Trinajstić information content (AvgIpc) is 2.60. The van der Waals surface area contributed by atoms with E-state index in [0.29, 0.717) is 0 Å². The van der Waals surface area contributed by atoms with Gasteiger partial charge in [-0.15, -0.1) is 0 Å². The molecular weight excluding hydrogens is 275 g/mol. The van der Waals surface area contributed by atoms with Crippen LogP contribution >= 0.6 is 0 Å². The fourth-order valence-corrected chi connectivity index (χ4v) is 1.57. The van der Waals surface area contributed by atoms with Crippen LogP contribution in [0.2, 0.25) is 0 Å². The van der Waals surface area contributed by atoms with Crippen molar-refractivity contribution < 1.29 is 18.3 Å². The Morgan fingerprint density at radius 3 is 2.60 bits per heavy atom. The van der Waals surface area contributed by atoms with Crippen molar-refractivity contribution in [2.75, 3.05) is 12.8 Å². The minimum atomic E-state index is -4.72. The molecule has 9 heteroatoms. The zero-order valence-electron chi connectivity index (χ0n) is 10.2. The van der Waals surface area contributed by atoms with Crippen LogP contribution in [0, 0.1) is 5.41 Å². The van der Waals surface area contributed by atoms with Crippen molar-refractivity contribution in [3.05, 3.63) is 18.2 Å². The van der Waals surface area contributed by atoms with Gasteiger partial charge >= 0.3 is 6.18 Å². The van der Waals surface area contributed by atoms with Crippen LogP contribution in [-0.4, -0.2) is 40.6 Å². The first-order valence-corrected chi connectivity index (χ1v) is 5.36.